The topological polar surface area (TPSA) is 36.4 Å². The fraction of sp³-hybridized carbons (Fsp3) is 0.455. The summed E-state index contributed by atoms with van der Waals surface area (Å²) in [7, 11) is 0. The molecular weight excluding hydrogens is 341 g/mol. The largest absolute Gasteiger partial charge is 0.342 e. The highest BCUT2D eigenvalue weighted by Crippen LogP contribution is 2.31. The van der Waals surface area contributed by atoms with Gasteiger partial charge in [0.05, 0.1) is 18.3 Å². The molecule has 2 aromatic rings. The first kappa shape index (κ1) is 18.1. The number of aromatic nitrogens is 1. The number of halogens is 1. The van der Waals surface area contributed by atoms with E-state index in [2.05, 4.69) is 4.90 Å². The average molecular weight is 367 g/mol. The van der Waals surface area contributed by atoms with E-state index >= 15 is 0 Å². The Bertz CT molecular complexity index is 804. The first-order valence-corrected chi connectivity index (χ1v) is 9.92. The number of amides is 1. The van der Waals surface area contributed by atoms with Gasteiger partial charge in [-0.25, -0.2) is 4.39 Å². The van der Waals surface area contributed by atoms with E-state index in [4.69, 9.17) is 4.98 Å². The fourth-order valence-electron chi connectivity index (χ4n) is 4.21. The number of pyridine rings is 1. The molecule has 1 aromatic heterocycles. The Labute approximate surface area is 160 Å². The quantitative estimate of drug-likeness (QED) is 0.811. The molecule has 3 heterocycles. The van der Waals surface area contributed by atoms with Gasteiger partial charge in [0.25, 0.3) is 0 Å². The van der Waals surface area contributed by atoms with Crippen molar-refractivity contribution < 1.29 is 9.18 Å². The molecule has 1 aromatic carbocycles. The standard InChI is InChI=1S/C22H26FN3O/c23-19-9-2-1-7-17(19)15-18-8-5-10-20(24-18)21-11-6-14-26(21)16-22(27)25-12-3-4-13-25/h1-2,5,7-10,21H,3-4,6,11-16H2. The zero-order chi connectivity index (χ0) is 18.6. The van der Waals surface area contributed by atoms with Gasteiger partial charge in [-0.15, -0.1) is 0 Å². The SMILES string of the molecule is O=C(CN1CCCC1c1cccc(Cc2ccccc2F)n1)N1CCCC1. The maximum atomic E-state index is 14.0. The Morgan fingerprint density at radius 3 is 2.67 bits per heavy atom. The summed E-state index contributed by atoms with van der Waals surface area (Å²) >= 11 is 0. The van der Waals surface area contributed by atoms with Crippen molar-refractivity contribution in [2.75, 3.05) is 26.2 Å². The van der Waals surface area contributed by atoms with Gasteiger partial charge in [0.2, 0.25) is 5.91 Å². The summed E-state index contributed by atoms with van der Waals surface area (Å²) in [4.78, 5) is 21.6. The van der Waals surface area contributed by atoms with E-state index < -0.39 is 0 Å². The predicted molar refractivity (Wildman–Crippen MR) is 103 cm³/mol. The van der Waals surface area contributed by atoms with Crippen LogP contribution in [0.2, 0.25) is 0 Å². The molecule has 2 aliphatic heterocycles. The van der Waals surface area contributed by atoms with Crippen LogP contribution in [-0.2, 0) is 11.2 Å². The van der Waals surface area contributed by atoms with Crippen molar-refractivity contribution >= 4 is 5.91 Å². The summed E-state index contributed by atoms with van der Waals surface area (Å²) in [6.45, 7) is 3.20. The highest BCUT2D eigenvalue weighted by atomic mass is 19.1. The molecule has 0 saturated carbocycles. The van der Waals surface area contributed by atoms with Crippen molar-refractivity contribution in [3.63, 3.8) is 0 Å². The van der Waals surface area contributed by atoms with Crippen LogP contribution >= 0.6 is 0 Å². The first-order valence-electron chi connectivity index (χ1n) is 9.92. The average Bonchev–Trinajstić information content (AvgIpc) is 3.36. The predicted octanol–water partition coefficient (Wildman–Crippen LogP) is 3.57. The van der Waals surface area contributed by atoms with Crippen molar-refractivity contribution in [3.8, 4) is 0 Å². The Hall–Kier alpha value is -2.27. The van der Waals surface area contributed by atoms with Crippen LogP contribution in [-0.4, -0.2) is 46.9 Å². The van der Waals surface area contributed by atoms with Crippen LogP contribution in [0.5, 0.6) is 0 Å². The number of rotatable bonds is 5. The summed E-state index contributed by atoms with van der Waals surface area (Å²) in [5.41, 5.74) is 2.53. The summed E-state index contributed by atoms with van der Waals surface area (Å²) in [6, 6.07) is 13.0. The van der Waals surface area contributed by atoms with Gasteiger partial charge >= 0.3 is 0 Å². The summed E-state index contributed by atoms with van der Waals surface area (Å²) in [6.07, 6.45) is 4.82. The molecule has 2 aliphatic rings. The summed E-state index contributed by atoms with van der Waals surface area (Å²) in [5.74, 6) is 0.0466. The van der Waals surface area contributed by atoms with Crippen molar-refractivity contribution in [1.82, 2.24) is 14.8 Å². The zero-order valence-corrected chi connectivity index (χ0v) is 15.6. The van der Waals surface area contributed by atoms with E-state index in [-0.39, 0.29) is 17.8 Å². The molecule has 142 valence electrons. The third-order valence-electron chi connectivity index (χ3n) is 5.66. The van der Waals surface area contributed by atoms with Gasteiger partial charge in [0, 0.05) is 25.2 Å². The normalized spacial score (nSPS) is 20.3. The minimum absolute atomic E-state index is 0.178. The van der Waals surface area contributed by atoms with Gasteiger partial charge in [-0.1, -0.05) is 24.3 Å². The van der Waals surface area contributed by atoms with Crippen LogP contribution in [0.1, 0.15) is 48.7 Å². The Morgan fingerprint density at radius 1 is 1.04 bits per heavy atom. The number of benzene rings is 1. The lowest BCUT2D eigenvalue weighted by atomic mass is 10.1. The molecule has 4 rings (SSSR count). The lowest BCUT2D eigenvalue weighted by molar-refractivity contribution is -0.131. The molecule has 4 nitrogen and oxygen atoms in total. The van der Waals surface area contributed by atoms with Crippen molar-refractivity contribution in [3.05, 3.63) is 65.2 Å². The van der Waals surface area contributed by atoms with E-state index in [1.165, 1.54) is 6.07 Å². The molecule has 1 atom stereocenters. The van der Waals surface area contributed by atoms with E-state index in [0.29, 0.717) is 18.5 Å². The van der Waals surface area contributed by atoms with Gasteiger partial charge in [-0.05, 0) is 56.0 Å². The van der Waals surface area contributed by atoms with E-state index in [1.807, 2.05) is 29.2 Å². The minimum Gasteiger partial charge on any atom is -0.342 e. The van der Waals surface area contributed by atoms with Gasteiger partial charge in [0.15, 0.2) is 0 Å². The molecule has 2 fully saturated rings. The summed E-state index contributed by atoms with van der Waals surface area (Å²) in [5, 5.41) is 0. The number of hydrogen-bond donors (Lipinski definition) is 0. The Kier molecular flexibility index (Phi) is 5.48. The molecule has 0 aliphatic carbocycles. The fourth-order valence-corrected chi connectivity index (χ4v) is 4.21. The molecule has 5 heteroatoms. The van der Waals surface area contributed by atoms with Crippen LogP contribution in [0.3, 0.4) is 0 Å². The molecule has 27 heavy (non-hydrogen) atoms. The third kappa shape index (κ3) is 4.19. The maximum absolute atomic E-state index is 14.0. The second-order valence-electron chi connectivity index (χ2n) is 7.54. The zero-order valence-electron chi connectivity index (χ0n) is 15.6. The molecule has 0 spiro atoms. The van der Waals surface area contributed by atoms with E-state index in [9.17, 15) is 9.18 Å². The third-order valence-corrected chi connectivity index (χ3v) is 5.66. The van der Waals surface area contributed by atoms with Crippen molar-refractivity contribution in [1.29, 1.82) is 0 Å². The van der Waals surface area contributed by atoms with Gasteiger partial charge in [-0.2, -0.15) is 0 Å². The highest BCUT2D eigenvalue weighted by molar-refractivity contribution is 5.78. The lowest BCUT2D eigenvalue weighted by Crippen LogP contribution is -2.38. The van der Waals surface area contributed by atoms with Gasteiger partial charge in [-0.3, -0.25) is 14.7 Å². The Balaban J connectivity index is 1.47. The second-order valence-corrected chi connectivity index (χ2v) is 7.54. The van der Waals surface area contributed by atoms with Crippen LogP contribution in [0.4, 0.5) is 4.39 Å². The molecular formula is C22H26FN3O. The van der Waals surface area contributed by atoms with Crippen molar-refractivity contribution in [2.45, 2.75) is 38.1 Å². The van der Waals surface area contributed by atoms with Crippen LogP contribution < -0.4 is 0 Å². The van der Waals surface area contributed by atoms with E-state index in [1.54, 1.807) is 12.1 Å². The number of carbonyl (C=O) groups is 1. The molecule has 2 saturated heterocycles. The smallest absolute Gasteiger partial charge is 0.236 e. The number of hydrogen-bond acceptors (Lipinski definition) is 3. The number of likely N-dealkylation sites (tertiary alicyclic amines) is 2. The number of nitrogens with zero attached hydrogens (tertiary/aromatic N) is 3. The van der Waals surface area contributed by atoms with Gasteiger partial charge < -0.3 is 4.90 Å². The summed E-state index contributed by atoms with van der Waals surface area (Å²) < 4.78 is 14.0. The highest BCUT2D eigenvalue weighted by Gasteiger charge is 2.30. The molecule has 0 N–H and O–H groups in total. The maximum Gasteiger partial charge on any atom is 0.236 e. The lowest BCUT2D eigenvalue weighted by Gasteiger charge is -2.26. The van der Waals surface area contributed by atoms with Gasteiger partial charge in [0.1, 0.15) is 5.82 Å². The monoisotopic (exact) mass is 367 g/mol. The number of carbonyl (C=O) groups excluding carboxylic acids is 1. The minimum atomic E-state index is -0.191. The first-order chi connectivity index (χ1) is 13.2. The van der Waals surface area contributed by atoms with Crippen LogP contribution in [0.15, 0.2) is 42.5 Å². The van der Waals surface area contributed by atoms with Crippen LogP contribution in [0, 0.1) is 5.82 Å². The van der Waals surface area contributed by atoms with Crippen molar-refractivity contribution in [2.24, 2.45) is 0 Å². The van der Waals surface area contributed by atoms with E-state index in [0.717, 1.165) is 56.7 Å². The second kappa shape index (κ2) is 8.17. The van der Waals surface area contributed by atoms with Crippen LogP contribution in [0.25, 0.3) is 0 Å². The molecule has 0 bridgehead atoms. The molecule has 1 unspecified atom stereocenters. The molecule has 1 amide bonds. The molecule has 0 radical (unpaired) electrons. The Morgan fingerprint density at radius 2 is 1.85 bits per heavy atom.